The zero-order valence-corrected chi connectivity index (χ0v) is 15.4. The summed E-state index contributed by atoms with van der Waals surface area (Å²) in [4.78, 5) is 7.36. The summed E-state index contributed by atoms with van der Waals surface area (Å²) >= 11 is 0. The molecule has 4 aromatic rings. The van der Waals surface area contributed by atoms with Crippen molar-refractivity contribution in [2.24, 2.45) is 0 Å². The third-order valence-electron chi connectivity index (χ3n) is 4.25. The van der Waals surface area contributed by atoms with Crippen LogP contribution in [0.4, 0.5) is 4.39 Å². The number of hydrogen-bond acceptors (Lipinski definition) is 4. The van der Waals surface area contributed by atoms with E-state index in [-0.39, 0.29) is 5.82 Å². The third kappa shape index (κ3) is 3.68. The molecule has 28 heavy (non-hydrogen) atoms. The lowest BCUT2D eigenvalue weighted by molar-refractivity contribution is 0.413. The highest BCUT2D eigenvalue weighted by Gasteiger charge is 2.07. The molecule has 0 unspecified atom stereocenters. The van der Waals surface area contributed by atoms with Crippen LogP contribution in [0, 0.1) is 12.7 Å². The lowest BCUT2D eigenvalue weighted by Gasteiger charge is -2.09. The van der Waals surface area contributed by atoms with Crippen LogP contribution < -0.4 is 4.74 Å². The van der Waals surface area contributed by atoms with Crippen molar-refractivity contribution in [3.8, 4) is 22.8 Å². The van der Waals surface area contributed by atoms with Crippen LogP contribution in [0.25, 0.3) is 29.2 Å². The fourth-order valence-corrected chi connectivity index (χ4v) is 2.83. The van der Waals surface area contributed by atoms with Gasteiger partial charge in [-0.1, -0.05) is 12.1 Å². The first-order valence-electron chi connectivity index (χ1n) is 8.68. The quantitative estimate of drug-likeness (QED) is 0.565. The number of hydrogen-bond donors (Lipinski definition) is 1. The van der Waals surface area contributed by atoms with E-state index in [0.717, 1.165) is 28.3 Å². The first kappa shape index (κ1) is 17.7. The minimum Gasteiger partial charge on any atom is -0.495 e. The van der Waals surface area contributed by atoms with E-state index in [1.807, 2.05) is 48.0 Å². The van der Waals surface area contributed by atoms with Gasteiger partial charge in [-0.2, -0.15) is 0 Å². The van der Waals surface area contributed by atoms with Gasteiger partial charge in [0, 0.05) is 11.8 Å². The number of halogens is 1. The number of ether oxygens (including phenoxy) is 1. The van der Waals surface area contributed by atoms with Gasteiger partial charge in [-0.15, -0.1) is 10.2 Å². The monoisotopic (exact) mass is 375 g/mol. The minimum absolute atomic E-state index is 0.286. The normalized spacial score (nSPS) is 11.2. The smallest absolute Gasteiger partial charge is 0.161 e. The van der Waals surface area contributed by atoms with Gasteiger partial charge in [0.25, 0.3) is 0 Å². The van der Waals surface area contributed by atoms with Crippen molar-refractivity contribution in [2.75, 3.05) is 7.11 Å². The van der Waals surface area contributed by atoms with Crippen LogP contribution in [0.1, 0.15) is 17.1 Å². The Balaban J connectivity index is 1.56. The van der Waals surface area contributed by atoms with Gasteiger partial charge < -0.3 is 14.3 Å². The Hall–Kier alpha value is -3.74. The Labute approximate surface area is 161 Å². The summed E-state index contributed by atoms with van der Waals surface area (Å²) in [6.45, 7) is 1.94. The Morgan fingerprint density at radius 1 is 1.07 bits per heavy atom. The van der Waals surface area contributed by atoms with Gasteiger partial charge in [-0.25, -0.2) is 9.37 Å². The third-order valence-corrected chi connectivity index (χ3v) is 4.25. The summed E-state index contributed by atoms with van der Waals surface area (Å²) in [5.41, 5.74) is 3.58. The van der Waals surface area contributed by atoms with Gasteiger partial charge in [0.05, 0.1) is 24.8 Å². The predicted molar refractivity (Wildman–Crippen MR) is 106 cm³/mol. The van der Waals surface area contributed by atoms with Crippen LogP contribution in [-0.4, -0.2) is 31.8 Å². The summed E-state index contributed by atoms with van der Waals surface area (Å²) in [7, 11) is 1.64. The van der Waals surface area contributed by atoms with E-state index in [1.54, 1.807) is 25.6 Å². The molecule has 2 aromatic carbocycles. The molecular weight excluding hydrogens is 357 g/mol. The molecule has 7 heteroatoms. The molecule has 0 atom stereocenters. The molecule has 140 valence electrons. The number of methoxy groups -OCH3 is 1. The van der Waals surface area contributed by atoms with Crippen molar-refractivity contribution >= 4 is 12.2 Å². The number of aryl methyl sites for hydroxylation is 1. The summed E-state index contributed by atoms with van der Waals surface area (Å²) < 4.78 is 20.5. The Kier molecular flexibility index (Phi) is 4.72. The summed E-state index contributed by atoms with van der Waals surface area (Å²) in [5, 5.41) is 8.21. The molecule has 0 saturated heterocycles. The zero-order chi connectivity index (χ0) is 19.5. The number of H-pyrrole nitrogens is 1. The average molecular weight is 375 g/mol. The van der Waals surface area contributed by atoms with Gasteiger partial charge in [-0.3, -0.25) is 0 Å². The van der Waals surface area contributed by atoms with E-state index in [2.05, 4.69) is 20.2 Å². The molecule has 0 saturated carbocycles. The van der Waals surface area contributed by atoms with E-state index in [9.17, 15) is 4.39 Å². The number of nitrogens with one attached hydrogen (secondary N) is 1. The largest absolute Gasteiger partial charge is 0.495 e. The molecular formula is C21H18FN5O. The molecule has 0 aliphatic rings. The van der Waals surface area contributed by atoms with Gasteiger partial charge in [-0.05, 0) is 55.0 Å². The number of aromatic amines is 1. The van der Waals surface area contributed by atoms with Crippen molar-refractivity contribution in [3.63, 3.8) is 0 Å². The molecule has 1 N–H and O–H groups in total. The van der Waals surface area contributed by atoms with Crippen LogP contribution in [0.15, 0.2) is 55.0 Å². The molecule has 0 aliphatic carbocycles. The van der Waals surface area contributed by atoms with Crippen molar-refractivity contribution < 1.29 is 9.13 Å². The summed E-state index contributed by atoms with van der Waals surface area (Å²) in [5.74, 6) is 1.64. The van der Waals surface area contributed by atoms with Crippen LogP contribution in [0.3, 0.4) is 0 Å². The Bertz CT molecular complexity index is 1130. The SMILES string of the molecule is COc1cc(/C=C/c2nnc(-c3ccc(F)cc3)[nH]2)ccc1-n1cnc(C)c1. The van der Waals surface area contributed by atoms with Crippen molar-refractivity contribution in [3.05, 3.63) is 77.9 Å². The second-order valence-electron chi connectivity index (χ2n) is 6.25. The van der Waals surface area contributed by atoms with Crippen molar-refractivity contribution in [2.45, 2.75) is 6.92 Å². The number of benzene rings is 2. The second kappa shape index (κ2) is 7.48. The van der Waals surface area contributed by atoms with Crippen molar-refractivity contribution in [1.82, 2.24) is 24.7 Å². The maximum atomic E-state index is 13.0. The van der Waals surface area contributed by atoms with Crippen LogP contribution in [-0.2, 0) is 0 Å². The first-order valence-corrected chi connectivity index (χ1v) is 8.68. The molecule has 0 spiro atoms. The van der Waals surface area contributed by atoms with Crippen LogP contribution >= 0.6 is 0 Å². The van der Waals surface area contributed by atoms with E-state index < -0.39 is 0 Å². The lowest BCUT2D eigenvalue weighted by Crippen LogP contribution is -1.95. The number of rotatable bonds is 5. The van der Waals surface area contributed by atoms with Gasteiger partial charge in [0.15, 0.2) is 11.6 Å². The maximum absolute atomic E-state index is 13.0. The van der Waals surface area contributed by atoms with E-state index in [4.69, 9.17) is 4.74 Å². The number of nitrogens with zero attached hydrogens (tertiary/aromatic N) is 4. The fourth-order valence-electron chi connectivity index (χ4n) is 2.83. The van der Waals surface area contributed by atoms with Gasteiger partial charge in [0.2, 0.25) is 0 Å². The molecule has 2 aromatic heterocycles. The van der Waals surface area contributed by atoms with Gasteiger partial charge >= 0.3 is 0 Å². The first-order chi connectivity index (χ1) is 13.6. The van der Waals surface area contributed by atoms with Crippen LogP contribution in [0.5, 0.6) is 5.75 Å². The predicted octanol–water partition coefficient (Wildman–Crippen LogP) is 4.28. The molecule has 0 radical (unpaired) electrons. The van der Waals surface area contributed by atoms with Gasteiger partial charge in [0.1, 0.15) is 11.6 Å². The highest BCUT2D eigenvalue weighted by atomic mass is 19.1. The van der Waals surface area contributed by atoms with Crippen molar-refractivity contribution in [1.29, 1.82) is 0 Å². The lowest BCUT2D eigenvalue weighted by atomic mass is 10.1. The Morgan fingerprint density at radius 3 is 2.61 bits per heavy atom. The summed E-state index contributed by atoms with van der Waals surface area (Å²) in [6.07, 6.45) is 7.45. The zero-order valence-electron chi connectivity index (χ0n) is 15.4. The molecule has 0 bridgehead atoms. The Morgan fingerprint density at radius 2 is 1.89 bits per heavy atom. The fraction of sp³-hybridized carbons (Fsp3) is 0.0952. The number of imidazole rings is 1. The molecule has 0 fully saturated rings. The highest BCUT2D eigenvalue weighted by Crippen LogP contribution is 2.25. The average Bonchev–Trinajstić information content (AvgIpc) is 3.36. The maximum Gasteiger partial charge on any atom is 0.161 e. The topological polar surface area (TPSA) is 68.6 Å². The number of aromatic nitrogens is 5. The van der Waals surface area contributed by atoms with Crippen LogP contribution in [0.2, 0.25) is 0 Å². The molecule has 6 nitrogen and oxygen atoms in total. The molecule has 0 amide bonds. The molecule has 4 rings (SSSR count). The van der Waals surface area contributed by atoms with E-state index >= 15 is 0 Å². The minimum atomic E-state index is -0.286. The van der Waals surface area contributed by atoms with E-state index in [0.29, 0.717) is 11.6 Å². The summed E-state index contributed by atoms with van der Waals surface area (Å²) in [6, 6.07) is 12.0. The standard InChI is InChI=1S/C21H18FN5O/c1-14-12-27(13-23-14)18-9-3-15(11-19(18)28-2)4-10-20-24-21(26-25-20)16-5-7-17(22)8-6-16/h3-13H,1-2H3,(H,24,25,26)/b10-4+. The molecule has 0 aliphatic heterocycles. The van der Waals surface area contributed by atoms with E-state index in [1.165, 1.54) is 12.1 Å². The highest BCUT2D eigenvalue weighted by molar-refractivity contribution is 5.69. The second-order valence-corrected chi connectivity index (χ2v) is 6.25. The molecule has 2 heterocycles.